The topological polar surface area (TPSA) is 78.8 Å². The van der Waals surface area contributed by atoms with Crippen molar-refractivity contribution in [3.8, 4) is 11.4 Å². The van der Waals surface area contributed by atoms with Crippen LogP contribution in [0.2, 0.25) is 0 Å². The lowest BCUT2D eigenvalue weighted by molar-refractivity contribution is 0.0618. The second-order valence-electron chi connectivity index (χ2n) is 7.41. The van der Waals surface area contributed by atoms with Gasteiger partial charge in [0.15, 0.2) is 5.69 Å². The molecule has 5 heterocycles. The second-order valence-corrected chi connectivity index (χ2v) is 7.41. The first-order chi connectivity index (χ1) is 12.7. The third kappa shape index (κ3) is 2.50. The van der Waals surface area contributed by atoms with E-state index in [2.05, 4.69) is 25.4 Å². The fraction of sp³-hybridized carbons (Fsp3) is 0.421. The summed E-state index contributed by atoms with van der Waals surface area (Å²) in [4.78, 5) is 19.6. The molecule has 2 aromatic heterocycles. The standard InChI is InChI=1S/C19H22N6O/c1-24-9-6-20-18(24)13-2-3-14-15(10-13)22-23-17(14)19(26)21-16-11-25-7-4-12(16)5-8-25/h2-3,6,9-10,12,16H,4-5,7-8,11H2,1H3,(H,21,26)(H,22,23)/t16-/m1/s1. The number of hydrogen-bond acceptors (Lipinski definition) is 4. The van der Waals surface area contributed by atoms with Crippen molar-refractivity contribution in [1.29, 1.82) is 0 Å². The summed E-state index contributed by atoms with van der Waals surface area (Å²) in [5.74, 6) is 1.41. The van der Waals surface area contributed by atoms with E-state index in [0.717, 1.165) is 28.8 Å². The third-order valence-corrected chi connectivity index (χ3v) is 5.83. The largest absolute Gasteiger partial charge is 0.346 e. The number of imidazole rings is 1. The minimum Gasteiger partial charge on any atom is -0.346 e. The van der Waals surface area contributed by atoms with Crippen LogP contribution in [0.5, 0.6) is 0 Å². The number of carbonyl (C=O) groups is 1. The molecule has 2 bridgehead atoms. The van der Waals surface area contributed by atoms with E-state index in [1.54, 1.807) is 6.20 Å². The highest BCUT2D eigenvalue weighted by atomic mass is 16.2. The fourth-order valence-corrected chi connectivity index (χ4v) is 4.34. The number of nitrogens with one attached hydrogen (secondary N) is 2. The number of aromatic amines is 1. The Morgan fingerprint density at radius 1 is 1.31 bits per heavy atom. The first-order valence-electron chi connectivity index (χ1n) is 9.18. The molecule has 3 aromatic rings. The van der Waals surface area contributed by atoms with Crippen LogP contribution in [0.1, 0.15) is 23.3 Å². The van der Waals surface area contributed by atoms with Gasteiger partial charge in [-0.25, -0.2) is 4.98 Å². The summed E-state index contributed by atoms with van der Waals surface area (Å²) in [6.07, 6.45) is 6.05. The van der Waals surface area contributed by atoms with Crippen LogP contribution in [0.15, 0.2) is 30.6 Å². The highest BCUT2D eigenvalue weighted by molar-refractivity contribution is 6.05. The van der Waals surface area contributed by atoms with Gasteiger partial charge in [0.25, 0.3) is 5.91 Å². The molecule has 0 aliphatic carbocycles. The predicted molar refractivity (Wildman–Crippen MR) is 98.7 cm³/mol. The fourth-order valence-electron chi connectivity index (χ4n) is 4.34. The highest BCUT2D eigenvalue weighted by Crippen LogP contribution is 2.28. The van der Waals surface area contributed by atoms with Crippen LogP contribution in [0.3, 0.4) is 0 Å². The maximum atomic E-state index is 12.8. The van der Waals surface area contributed by atoms with Crippen LogP contribution in [0, 0.1) is 5.92 Å². The van der Waals surface area contributed by atoms with E-state index < -0.39 is 0 Å². The molecule has 3 aliphatic heterocycles. The van der Waals surface area contributed by atoms with E-state index in [1.165, 1.54) is 25.9 Å². The molecular weight excluding hydrogens is 328 g/mol. The van der Waals surface area contributed by atoms with Crippen molar-refractivity contribution in [2.45, 2.75) is 18.9 Å². The number of carbonyl (C=O) groups excluding carboxylic acids is 1. The van der Waals surface area contributed by atoms with Gasteiger partial charge in [-0.05, 0) is 44.0 Å². The molecule has 7 nitrogen and oxygen atoms in total. The van der Waals surface area contributed by atoms with Gasteiger partial charge in [-0.1, -0.05) is 6.07 Å². The number of fused-ring (bicyclic) bond motifs is 4. The van der Waals surface area contributed by atoms with Crippen molar-refractivity contribution >= 4 is 16.8 Å². The van der Waals surface area contributed by atoms with Crippen LogP contribution < -0.4 is 5.32 Å². The molecule has 3 saturated heterocycles. The summed E-state index contributed by atoms with van der Waals surface area (Å²) in [6, 6.07) is 6.18. The summed E-state index contributed by atoms with van der Waals surface area (Å²) in [7, 11) is 1.96. The van der Waals surface area contributed by atoms with Crippen LogP contribution in [0.4, 0.5) is 0 Å². The van der Waals surface area contributed by atoms with Crippen molar-refractivity contribution in [3.05, 3.63) is 36.3 Å². The monoisotopic (exact) mass is 350 g/mol. The molecule has 26 heavy (non-hydrogen) atoms. The number of piperidine rings is 3. The van der Waals surface area contributed by atoms with Gasteiger partial charge >= 0.3 is 0 Å². The molecule has 0 saturated carbocycles. The van der Waals surface area contributed by atoms with Crippen molar-refractivity contribution in [2.24, 2.45) is 13.0 Å². The van der Waals surface area contributed by atoms with E-state index in [9.17, 15) is 4.79 Å². The Morgan fingerprint density at radius 2 is 2.15 bits per heavy atom. The number of aromatic nitrogens is 4. The number of nitrogens with zero attached hydrogens (tertiary/aromatic N) is 4. The third-order valence-electron chi connectivity index (χ3n) is 5.83. The van der Waals surface area contributed by atoms with Crippen LogP contribution in [-0.2, 0) is 7.05 Å². The SMILES string of the molecule is Cn1ccnc1-c1ccc2c(C(=O)N[C@@H]3CN4CCC3CC4)n[nH]c2c1. The molecule has 1 atom stereocenters. The van der Waals surface area contributed by atoms with E-state index in [0.29, 0.717) is 11.6 Å². The lowest BCUT2D eigenvalue weighted by atomic mass is 9.84. The molecule has 0 unspecified atom stereocenters. The molecule has 7 heteroatoms. The molecule has 3 aliphatic rings. The molecule has 1 amide bonds. The Morgan fingerprint density at radius 3 is 2.85 bits per heavy atom. The average molecular weight is 350 g/mol. The van der Waals surface area contributed by atoms with Gasteiger partial charge in [0.1, 0.15) is 5.82 Å². The molecule has 6 rings (SSSR count). The minimum atomic E-state index is -0.0836. The summed E-state index contributed by atoms with van der Waals surface area (Å²) in [6.45, 7) is 3.29. The van der Waals surface area contributed by atoms with Gasteiger partial charge in [-0.3, -0.25) is 9.89 Å². The minimum absolute atomic E-state index is 0.0836. The molecule has 0 radical (unpaired) electrons. The van der Waals surface area contributed by atoms with Crippen molar-refractivity contribution in [1.82, 2.24) is 30.0 Å². The molecule has 2 N–H and O–H groups in total. The van der Waals surface area contributed by atoms with E-state index in [1.807, 2.05) is 36.0 Å². The van der Waals surface area contributed by atoms with Gasteiger partial charge in [0, 0.05) is 43.0 Å². The maximum Gasteiger partial charge on any atom is 0.272 e. The lowest BCUT2D eigenvalue weighted by Crippen LogP contribution is -2.57. The van der Waals surface area contributed by atoms with Crippen molar-refractivity contribution in [3.63, 3.8) is 0 Å². The summed E-state index contributed by atoms with van der Waals surface area (Å²) in [5, 5.41) is 11.4. The number of benzene rings is 1. The van der Waals surface area contributed by atoms with E-state index in [4.69, 9.17) is 0 Å². The Kier molecular flexibility index (Phi) is 3.56. The Balaban J connectivity index is 1.41. The first kappa shape index (κ1) is 15.6. The quantitative estimate of drug-likeness (QED) is 0.755. The zero-order valence-electron chi connectivity index (χ0n) is 14.8. The summed E-state index contributed by atoms with van der Waals surface area (Å²) in [5.41, 5.74) is 2.32. The van der Waals surface area contributed by atoms with Gasteiger partial charge in [-0.2, -0.15) is 5.10 Å². The van der Waals surface area contributed by atoms with E-state index >= 15 is 0 Å². The average Bonchev–Trinajstić information content (AvgIpc) is 3.28. The maximum absolute atomic E-state index is 12.8. The number of H-pyrrole nitrogens is 1. The normalized spacial score (nSPS) is 24.9. The van der Waals surface area contributed by atoms with Crippen LogP contribution >= 0.6 is 0 Å². The van der Waals surface area contributed by atoms with Crippen molar-refractivity contribution < 1.29 is 4.79 Å². The van der Waals surface area contributed by atoms with Crippen molar-refractivity contribution in [2.75, 3.05) is 19.6 Å². The van der Waals surface area contributed by atoms with Gasteiger partial charge in [0.2, 0.25) is 0 Å². The Labute approximate surface area is 151 Å². The smallest absolute Gasteiger partial charge is 0.272 e. The summed E-state index contributed by atoms with van der Waals surface area (Å²) < 4.78 is 1.97. The number of amides is 1. The zero-order chi connectivity index (χ0) is 17.7. The Hall–Kier alpha value is -2.67. The van der Waals surface area contributed by atoms with Gasteiger partial charge in [-0.15, -0.1) is 0 Å². The van der Waals surface area contributed by atoms with Crippen LogP contribution in [-0.4, -0.2) is 56.2 Å². The first-order valence-corrected chi connectivity index (χ1v) is 9.18. The predicted octanol–water partition coefficient (Wildman–Crippen LogP) is 1.79. The van der Waals surface area contributed by atoms with Crippen LogP contribution in [0.25, 0.3) is 22.3 Å². The second kappa shape index (κ2) is 5.95. The molecular formula is C19H22N6O. The number of hydrogen-bond donors (Lipinski definition) is 2. The Bertz CT molecular complexity index is 965. The lowest BCUT2D eigenvalue weighted by Gasteiger charge is -2.44. The molecule has 134 valence electrons. The molecule has 1 aromatic carbocycles. The zero-order valence-corrected chi connectivity index (χ0v) is 14.8. The van der Waals surface area contributed by atoms with Gasteiger partial charge in [0.05, 0.1) is 5.52 Å². The molecule has 3 fully saturated rings. The highest BCUT2D eigenvalue weighted by Gasteiger charge is 2.35. The van der Waals surface area contributed by atoms with Gasteiger partial charge < -0.3 is 14.8 Å². The van der Waals surface area contributed by atoms with E-state index in [-0.39, 0.29) is 11.9 Å². The number of aryl methyl sites for hydroxylation is 1. The number of rotatable bonds is 3. The molecule has 0 spiro atoms. The summed E-state index contributed by atoms with van der Waals surface area (Å²) >= 11 is 0.